The van der Waals surface area contributed by atoms with Gasteiger partial charge in [0.05, 0.1) is 11.7 Å². The first-order valence-electron chi connectivity index (χ1n) is 6.01. The second kappa shape index (κ2) is 5.38. The number of hydrogen-bond donors (Lipinski definition) is 0. The Balaban J connectivity index is 1.96. The number of aromatic nitrogens is 3. The zero-order valence-electron chi connectivity index (χ0n) is 11.0. The zero-order valence-corrected chi connectivity index (χ0v) is 12.7. The predicted octanol–water partition coefficient (Wildman–Crippen LogP) is 3.40. The van der Waals surface area contributed by atoms with E-state index in [4.69, 9.17) is 16.3 Å². The highest BCUT2D eigenvalue weighted by Crippen LogP contribution is 2.15. The summed E-state index contributed by atoms with van der Waals surface area (Å²) in [6, 6.07) is 4.85. The molecule has 0 aliphatic rings. The van der Waals surface area contributed by atoms with Crippen LogP contribution in [0.25, 0.3) is 11.0 Å². The molecule has 0 spiro atoms. The topological polar surface area (TPSA) is 39.9 Å². The van der Waals surface area contributed by atoms with Crippen molar-refractivity contribution in [2.75, 3.05) is 6.61 Å². The molecule has 18 heavy (non-hydrogen) atoms. The average molecular weight is 284 g/mol. The highest BCUT2D eigenvalue weighted by atomic mass is 35.5. The fraction of sp³-hybridized carbons (Fsp3) is 0.500. The van der Waals surface area contributed by atoms with Crippen molar-refractivity contribution in [1.82, 2.24) is 14.8 Å². The van der Waals surface area contributed by atoms with E-state index in [0.717, 1.165) is 23.7 Å². The Morgan fingerprint density at radius 1 is 1.33 bits per heavy atom. The van der Waals surface area contributed by atoms with Crippen molar-refractivity contribution in [3.05, 3.63) is 23.5 Å². The summed E-state index contributed by atoms with van der Waals surface area (Å²) in [6.45, 7) is 8.28. The van der Waals surface area contributed by atoms with E-state index < -0.39 is 8.07 Å². The summed E-state index contributed by atoms with van der Waals surface area (Å²) in [4.78, 5) is 4.20. The van der Waals surface area contributed by atoms with Crippen LogP contribution in [0.15, 0.2) is 18.3 Å². The van der Waals surface area contributed by atoms with Crippen molar-refractivity contribution >= 4 is 30.7 Å². The van der Waals surface area contributed by atoms with Crippen molar-refractivity contribution in [1.29, 1.82) is 0 Å². The Morgan fingerprint density at radius 3 is 2.83 bits per heavy atom. The van der Waals surface area contributed by atoms with Gasteiger partial charge in [-0.2, -0.15) is 5.10 Å². The van der Waals surface area contributed by atoms with Crippen molar-refractivity contribution in [2.45, 2.75) is 32.4 Å². The first kappa shape index (κ1) is 13.5. The van der Waals surface area contributed by atoms with Gasteiger partial charge in [0.2, 0.25) is 0 Å². The summed E-state index contributed by atoms with van der Waals surface area (Å²) in [7, 11) is -1.02. The van der Waals surface area contributed by atoms with E-state index >= 15 is 0 Å². The molecule has 0 unspecified atom stereocenters. The third-order valence-corrected chi connectivity index (χ3v) is 4.59. The molecule has 0 N–H and O–H groups in total. The molecule has 6 heteroatoms. The van der Waals surface area contributed by atoms with E-state index in [1.54, 1.807) is 12.3 Å². The highest BCUT2D eigenvalue weighted by Gasteiger charge is 2.12. The van der Waals surface area contributed by atoms with Gasteiger partial charge in [0.15, 0.2) is 0 Å². The molecule has 0 fully saturated rings. The van der Waals surface area contributed by atoms with Gasteiger partial charge in [-0.25, -0.2) is 9.67 Å². The summed E-state index contributed by atoms with van der Waals surface area (Å²) < 4.78 is 7.48. The van der Waals surface area contributed by atoms with Gasteiger partial charge in [0, 0.05) is 14.7 Å². The lowest BCUT2D eigenvalue weighted by atomic mass is 10.4. The molecular formula is C12H18ClN3OSi. The van der Waals surface area contributed by atoms with Crippen LogP contribution in [0, 0.1) is 0 Å². The summed E-state index contributed by atoms with van der Waals surface area (Å²) in [6.07, 6.45) is 1.71. The van der Waals surface area contributed by atoms with Crippen LogP contribution in [0.3, 0.4) is 0 Å². The molecule has 0 amide bonds. The molecular weight excluding hydrogens is 266 g/mol. The number of halogens is 1. The van der Waals surface area contributed by atoms with Crippen molar-refractivity contribution < 1.29 is 4.74 Å². The fourth-order valence-electron chi connectivity index (χ4n) is 1.57. The lowest BCUT2D eigenvalue weighted by Gasteiger charge is -2.15. The Bertz CT molecular complexity index is 536. The minimum absolute atomic E-state index is 0.470. The van der Waals surface area contributed by atoms with E-state index in [0.29, 0.717) is 11.9 Å². The van der Waals surface area contributed by atoms with Gasteiger partial charge in [0.25, 0.3) is 0 Å². The number of fused-ring (bicyclic) bond motifs is 1. The molecule has 2 aromatic rings. The summed E-state index contributed by atoms with van der Waals surface area (Å²) in [5.41, 5.74) is 1.75. The SMILES string of the molecule is C[Si](C)(C)CCOCn1ncc2nc(Cl)ccc21. The number of ether oxygens (including phenoxy) is 1. The second-order valence-corrected chi connectivity index (χ2v) is 11.5. The zero-order chi connectivity index (χ0) is 13.2. The number of hydrogen-bond acceptors (Lipinski definition) is 3. The largest absolute Gasteiger partial charge is 0.360 e. The van der Waals surface area contributed by atoms with E-state index in [1.807, 2.05) is 10.7 Å². The molecule has 0 saturated heterocycles. The van der Waals surface area contributed by atoms with Crippen LogP contribution in [-0.2, 0) is 11.5 Å². The highest BCUT2D eigenvalue weighted by molar-refractivity contribution is 6.76. The molecule has 2 heterocycles. The molecule has 4 nitrogen and oxygen atoms in total. The smallest absolute Gasteiger partial charge is 0.140 e. The first-order valence-corrected chi connectivity index (χ1v) is 10.1. The molecule has 2 aromatic heterocycles. The van der Waals surface area contributed by atoms with Gasteiger partial charge in [-0.3, -0.25) is 0 Å². The third-order valence-electron chi connectivity index (χ3n) is 2.68. The summed E-state index contributed by atoms with van der Waals surface area (Å²) >= 11 is 5.83. The van der Waals surface area contributed by atoms with Crippen molar-refractivity contribution in [2.24, 2.45) is 0 Å². The Labute approximate surface area is 113 Å². The van der Waals surface area contributed by atoms with Crippen molar-refractivity contribution in [3.63, 3.8) is 0 Å². The van der Waals surface area contributed by atoms with E-state index in [-0.39, 0.29) is 0 Å². The van der Waals surface area contributed by atoms with Gasteiger partial charge in [0.1, 0.15) is 17.4 Å². The Hall–Kier alpha value is -0.913. The van der Waals surface area contributed by atoms with Crippen molar-refractivity contribution in [3.8, 4) is 0 Å². The first-order chi connectivity index (χ1) is 8.46. The van der Waals surface area contributed by atoms with E-state index in [9.17, 15) is 0 Å². The van der Waals surface area contributed by atoms with Crippen LogP contribution in [0.4, 0.5) is 0 Å². The van der Waals surface area contributed by atoms with Crippen LogP contribution in [0.2, 0.25) is 30.8 Å². The lowest BCUT2D eigenvalue weighted by molar-refractivity contribution is 0.0817. The number of nitrogens with zero attached hydrogens (tertiary/aromatic N) is 3. The van der Waals surface area contributed by atoms with E-state index in [1.165, 1.54) is 0 Å². The average Bonchev–Trinajstić information content (AvgIpc) is 2.65. The van der Waals surface area contributed by atoms with Crippen LogP contribution >= 0.6 is 11.6 Å². The molecule has 0 saturated carbocycles. The Morgan fingerprint density at radius 2 is 2.11 bits per heavy atom. The molecule has 0 atom stereocenters. The van der Waals surface area contributed by atoms with Gasteiger partial charge in [-0.05, 0) is 18.2 Å². The van der Waals surface area contributed by atoms with Gasteiger partial charge < -0.3 is 4.74 Å². The monoisotopic (exact) mass is 283 g/mol. The maximum atomic E-state index is 5.83. The minimum Gasteiger partial charge on any atom is -0.360 e. The fourth-order valence-corrected chi connectivity index (χ4v) is 2.49. The molecule has 0 aliphatic carbocycles. The van der Waals surface area contributed by atoms with Crippen LogP contribution < -0.4 is 0 Å². The number of pyridine rings is 1. The van der Waals surface area contributed by atoms with Gasteiger partial charge in [-0.15, -0.1) is 0 Å². The van der Waals surface area contributed by atoms with Crippen LogP contribution in [0.5, 0.6) is 0 Å². The molecule has 0 aromatic carbocycles. The molecule has 2 rings (SSSR count). The van der Waals surface area contributed by atoms with Crippen LogP contribution in [0.1, 0.15) is 0 Å². The second-order valence-electron chi connectivity index (χ2n) is 5.53. The quantitative estimate of drug-likeness (QED) is 0.480. The predicted molar refractivity (Wildman–Crippen MR) is 76.6 cm³/mol. The Kier molecular flexibility index (Phi) is 4.04. The normalized spacial score (nSPS) is 12.2. The molecule has 98 valence electrons. The third kappa shape index (κ3) is 3.54. The molecule has 0 aliphatic heterocycles. The van der Waals surface area contributed by atoms with Crippen LogP contribution in [-0.4, -0.2) is 29.4 Å². The summed E-state index contributed by atoms with van der Waals surface area (Å²) in [5, 5.41) is 4.74. The van der Waals surface area contributed by atoms with Gasteiger partial charge >= 0.3 is 0 Å². The molecule has 0 radical (unpaired) electrons. The standard InChI is InChI=1S/C12H18ClN3OSi/c1-18(2,3)7-6-17-9-16-11-4-5-12(13)15-10(11)8-14-16/h4-5,8H,6-7,9H2,1-3H3. The maximum absolute atomic E-state index is 5.83. The minimum atomic E-state index is -1.02. The maximum Gasteiger partial charge on any atom is 0.140 e. The van der Waals surface area contributed by atoms with Gasteiger partial charge in [-0.1, -0.05) is 31.2 Å². The lowest BCUT2D eigenvalue weighted by Crippen LogP contribution is -2.22. The molecule has 0 bridgehead atoms. The summed E-state index contributed by atoms with van der Waals surface area (Å²) in [5.74, 6) is 0. The van der Waals surface area contributed by atoms with E-state index in [2.05, 4.69) is 29.7 Å². The number of rotatable bonds is 5.